The van der Waals surface area contributed by atoms with Crippen molar-refractivity contribution in [3.63, 3.8) is 0 Å². The van der Waals surface area contributed by atoms with Crippen LogP contribution in [0.1, 0.15) is 53.6 Å². The smallest absolute Gasteiger partial charge is 0.309 e. The summed E-state index contributed by atoms with van der Waals surface area (Å²) in [5.41, 5.74) is 2.67. The van der Waals surface area contributed by atoms with Gasteiger partial charge in [-0.1, -0.05) is 36.8 Å². The van der Waals surface area contributed by atoms with Crippen molar-refractivity contribution in [1.29, 1.82) is 0 Å². The highest BCUT2D eigenvalue weighted by Gasteiger charge is 2.31. The number of aryl methyl sites for hydroxylation is 2. The van der Waals surface area contributed by atoms with Gasteiger partial charge in [-0.3, -0.25) is 9.59 Å². The maximum absolute atomic E-state index is 13.0. The molecule has 0 saturated carbocycles. The second-order valence-electron chi connectivity index (χ2n) is 8.98. The van der Waals surface area contributed by atoms with E-state index in [9.17, 15) is 14.7 Å². The van der Waals surface area contributed by atoms with Gasteiger partial charge in [-0.2, -0.15) is 0 Å². The van der Waals surface area contributed by atoms with Gasteiger partial charge in [0.1, 0.15) is 17.6 Å². The van der Waals surface area contributed by atoms with E-state index < -0.39 is 29.9 Å². The summed E-state index contributed by atoms with van der Waals surface area (Å²) in [6.45, 7) is 7.27. The summed E-state index contributed by atoms with van der Waals surface area (Å²) in [5.74, 6) is -0.866. The summed E-state index contributed by atoms with van der Waals surface area (Å²) in [4.78, 5) is 29.7. The molecular formula is C29H33NO7. The molecule has 0 spiro atoms. The highest BCUT2D eigenvalue weighted by atomic mass is 16.6. The standard InChI is InChI=1S/C29H33NO7/c1-17-7-10-21(11-8-17)37-28(22-12-9-18(2)15-25(22)35-6)20(4)36-29(33)19(3)16-23(31)26-27(32)24(34-5)13-14-30-26/h7-15,19-20,28,32H,16H2,1-6H3/t19-,20+,28+/m1/s1. The predicted octanol–water partition coefficient (Wildman–Crippen LogP) is 5.38. The molecule has 37 heavy (non-hydrogen) atoms. The minimum absolute atomic E-state index is 0.130. The number of carbonyl (C=O) groups is 2. The summed E-state index contributed by atoms with van der Waals surface area (Å²) in [6, 6.07) is 14.7. The number of ether oxygens (including phenoxy) is 4. The van der Waals surface area contributed by atoms with E-state index in [0.717, 1.165) is 16.7 Å². The van der Waals surface area contributed by atoms with Crippen molar-refractivity contribution in [2.75, 3.05) is 14.2 Å². The van der Waals surface area contributed by atoms with Crippen LogP contribution in [0.5, 0.6) is 23.0 Å². The first-order valence-electron chi connectivity index (χ1n) is 12.0. The minimum Gasteiger partial charge on any atom is -0.503 e. The number of aromatic hydroxyl groups is 1. The summed E-state index contributed by atoms with van der Waals surface area (Å²) < 4.78 is 22.7. The van der Waals surface area contributed by atoms with E-state index in [2.05, 4.69) is 4.98 Å². The van der Waals surface area contributed by atoms with Gasteiger partial charge >= 0.3 is 5.97 Å². The highest BCUT2D eigenvalue weighted by molar-refractivity contribution is 5.99. The van der Waals surface area contributed by atoms with E-state index >= 15 is 0 Å². The lowest BCUT2D eigenvalue weighted by molar-refractivity contribution is -0.157. The minimum atomic E-state index is -0.790. The number of hydrogen-bond acceptors (Lipinski definition) is 8. The van der Waals surface area contributed by atoms with Gasteiger partial charge in [-0.25, -0.2) is 4.98 Å². The van der Waals surface area contributed by atoms with Gasteiger partial charge in [0.05, 0.1) is 20.1 Å². The average Bonchev–Trinajstić information content (AvgIpc) is 2.88. The van der Waals surface area contributed by atoms with Crippen molar-refractivity contribution >= 4 is 11.8 Å². The molecule has 0 aliphatic rings. The molecule has 0 aliphatic carbocycles. The molecule has 1 heterocycles. The van der Waals surface area contributed by atoms with Crippen LogP contribution in [-0.4, -0.2) is 42.2 Å². The first-order valence-corrected chi connectivity index (χ1v) is 12.0. The van der Waals surface area contributed by atoms with Crippen LogP contribution in [0.15, 0.2) is 54.7 Å². The number of nitrogens with zero attached hydrogens (tertiary/aromatic N) is 1. The Morgan fingerprint density at radius 1 is 0.919 bits per heavy atom. The second kappa shape index (κ2) is 12.3. The number of benzene rings is 2. The lowest BCUT2D eigenvalue weighted by Crippen LogP contribution is -2.30. The summed E-state index contributed by atoms with van der Waals surface area (Å²) in [6.07, 6.45) is -0.226. The quantitative estimate of drug-likeness (QED) is 0.272. The number of aromatic nitrogens is 1. The first kappa shape index (κ1) is 27.5. The first-order chi connectivity index (χ1) is 17.6. The maximum Gasteiger partial charge on any atom is 0.309 e. The molecule has 0 saturated heterocycles. The fraction of sp³-hybridized carbons (Fsp3) is 0.345. The van der Waals surface area contributed by atoms with Crippen LogP contribution in [0, 0.1) is 19.8 Å². The number of rotatable bonds is 11. The molecule has 196 valence electrons. The molecule has 3 atom stereocenters. The van der Waals surface area contributed by atoms with Gasteiger partial charge in [0, 0.05) is 24.2 Å². The van der Waals surface area contributed by atoms with E-state index in [0.29, 0.717) is 11.5 Å². The van der Waals surface area contributed by atoms with Gasteiger partial charge in [0.2, 0.25) is 0 Å². The molecule has 1 N–H and O–H groups in total. The summed E-state index contributed by atoms with van der Waals surface area (Å²) >= 11 is 0. The molecule has 0 unspecified atom stereocenters. The third-order valence-corrected chi connectivity index (χ3v) is 5.97. The fourth-order valence-electron chi connectivity index (χ4n) is 3.85. The second-order valence-corrected chi connectivity index (χ2v) is 8.98. The number of pyridine rings is 1. The molecule has 1 aromatic heterocycles. The number of Topliss-reactive ketones (excluding diaryl/α,β-unsaturated/α-hetero) is 1. The molecule has 0 amide bonds. The number of carbonyl (C=O) groups excluding carboxylic acids is 2. The van der Waals surface area contributed by atoms with Crippen molar-refractivity contribution < 1.29 is 33.6 Å². The largest absolute Gasteiger partial charge is 0.503 e. The molecule has 8 heteroatoms. The van der Waals surface area contributed by atoms with Gasteiger partial charge in [-0.15, -0.1) is 0 Å². The van der Waals surface area contributed by atoms with Crippen molar-refractivity contribution in [3.8, 4) is 23.0 Å². The van der Waals surface area contributed by atoms with Gasteiger partial charge < -0.3 is 24.1 Å². The van der Waals surface area contributed by atoms with E-state index in [1.807, 2.05) is 56.3 Å². The Kier molecular flexibility index (Phi) is 9.11. The van der Waals surface area contributed by atoms with Gasteiger partial charge in [-0.05, 0) is 44.5 Å². The molecular weight excluding hydrogens is 474 g/mol. The molecule has 3 aromatic rings. The van der Waals surface area contributed by atoms with Crippen LogP contribution in [0.3, 0.4) is 0 Å². The topological polar surface area (TPSA) is 104 Å². The zero-order chi connectivity index (χ0) is 27.1. The normalized spacial score (nSPS) is 13.2. The van der Waals surface area contributed by atoms with E-state index in [-0.39, 0.29) is 23.6 Å². The molecule has 0 fully saturated rings. The lowest BCUT2D eigenvalue weighted by Gasteiger charge is -2.28. The van der Waals surface area contributed by atoms with Crippen molar-refractivity contribution in [3.05, 3.63) is 77.1 Å². The van der Waals surface area contributed by atoms with Crippen LogP contribution in [0.2, 0.25) is 0 Å². The van der Waals surface area contributed by atoms with Gasteiger partial charge in [0.15, 0.2) is 29.1 Å². The van der Waals surface area contributed by atoms with Crippen LogP contribution < -0.4 is 14.2 Å². The SMILES string of the molecule is COc1cc(C)ccc1[C@@H](Oc1ccc(C)cc1)[C@H](C)OC(=O)[C@H](C)CC(=O)c1nccc(OC)c1O. The zero-order valence-corrected chi connectivity index (χ0v) is 22.0. The Morgan fingerprint density at radius 3 is 2.22 bits per heavy atom. The maximum atomic E-state index is 13.0. The van der Waals surface area contributed by atoms with Crippen molar-refractivity contribution in [1.82, 2.24) is 4.98 Å². The van der Waals surface area contributed by atoms with Gasteiger partial charge in [0.25, 0.3) is 0 Å². The van der Waals surface area contributed by atoms with Crippen molar-refractivity contribution in [2.45, 2.75) is 46.3 Å². The number of methoxy groups -OCH3 is 2. The number of ketones is 1. The Bertz CT molecular complexity index is 1240. The average molecular weight is 508 g/mol. The molecule has 0 bridgehead atoms. The van der Waals surface area contributed by atoms with Crippen LogP contribution in [0.25, 0.3) is 0 Å². The Balaban J connectivity index is 1.79. The predicted molar refractivity (Wildman–Crippen MR) is 138 cm³/mol. The molecule has 0 radical (unpaired) electrons. The van der Waals surface area contributed by atoms with Crippen LogP contribution >= 0.6 is 0 Å². The molecule has 2 aromatic carbocycles. The molecule has 3 rings (SSSR count). The molecule has 0 aliphatic heterocycles. The van der Waals surface area contributed by atoms with E-state index in [1.165, 1.54) is 19.4 Å². The Hall–Kier alpha value is -4.07. The summed E-state index contributed by atoms with van der Waals surface area (Å²) in [5, 5.41) is 10.2. The molecule has 8 nitrogen and oxygen atoms in total. The lowest BCUT2D eigenvalue weighted by atomic mass is 10.0. The zero-order valence-electron chi connectivity index (χ0n) is 22.0. The van der Waals surface area contributed by atoms with Crippen LogP contribution in [-0.2, 0) is 9.53 Å². The fourth-order valence-corrected chi connectivity index (χ4v) is 3.85. The third-order valence-electron chi connectivity index (χ3n) is 5.97. The van der Waals surface area contributed by atoms with Crippen LogP contribution in [0.4, 0.5) is 0 Å². The number of esters is 1. The summed E-state index contributed by atoms with van der Waals surface area (Å²) in [7, 11) is 2.95. The van der Waals surface area contributed by atoms with Crippen molar-refractivity contribution in [2.24, 2.45) is 5.92 Å². The monoisotopic (exact) mass is 507 g/mol. The van der Waals surface area contributed by atoms with E-state index in [4.69, 9.17) is 18.9 Å². The number of hydrogen-bond donors (Lipinski definition) is 1. The Morgan fingerprint density at radius 2 is 1.57 bits per heavy atom. The Labute approximate surface area is 217 Å². The third kappa shape index (κ3) is 6.78. The highest BCUT2D eigenvalue weighted by Crippen LogP contribution is 2.34. The van der Waals surface area contributed by atoms with E-state index in [1.54, 1.807) is 21.0 Å².